The van der Waals surface area contributed by atoms with Crippen LogP contribution < -0.4 is 0 Å². The van der Waals surface area contributed by atoms with Crippen molar-refractivity contribution < 1.29 is 4.79 Å². The fourth-order valence-electron chi connectivity index (χ4n) is 3.05. The first-order valence-electron chi connectivity index (χ1n) is 7.45. The summed E-state index contributed by atoms with van der Waals surface area (Å²) in [5.41, 5.74) is 3.57. The first-order valence-corrected chi connectivity index (χ1v) is 7.45. The van der Waals surface area contributed by atoms with Crippen LogP contribution >= 0.6 is 0 Å². The Balaban J connectivity index is 1.74. The van der Waals surface area contributed by atoms with Crippen molar-refractivity contribution in [3.05, 3.63) is 53.1 Å². The highest BCUT2D eigenvalue weighted by Gasteiger charge is 2.30. The molecule has 5 nitrogen and oxygen atoms in total. The predicted molar refractivity (Wildman–Crippen MR) is 81.9 cm³/mol. The molecule has 0 bridgehead atoms. The van der Waals surface area contributed by atoms with Crippen molar-refractivity contribution in [1.82, 2.24) is 14.9 Å². The molecule has 0 aliphatic heterocycles. The second-order valence-electron chi connectivity index (χ2n) is 5.72. The van der Waals surface area contributed by atoms with Crippen LogP contribution in [0, 0.1) is 11.3 Å². The van der Waals surface area contributed by atoms with Gasteiger partial charge in [0.15, 0.2) is 0 Å². The predicted octanol–water partition coefficient (Wildman–Crippen LogP) is 2.36. The van der Waals surface area contributed by atoms with E-state index in [1.54, 1.807) is 17.3 Å². The molecule has 3 rings (SSSR count). The molecule has 0 radical (unpaired) electrons. The molecule has 1 aliphatic rings. The molecule has 1 atom stereocenters. The highest BCUT2D eigenvalue weighted by molar-refractivity contribution is 5.83. The SMILES string of the molecule is CN(Cc1cccc(C#N)c1)C(=O)C1CCCc2[nH]cnc21. The molecule has 22 heavy (non-hydrogen) atoms. The van der Waals surface area contributed by atoms with Crippen molar-refractivity contribution in [3.63, 3.8) is 0 Å². The summed E-state index contributed by atoms with van der Waals surface area (Å²) >= 11 is 0. The maximum atomic E-state index is 12.7. The number of H-pyrrole nitrogens is 1. The summed E-state index contributed by atoms with van der Waals surface area (Å²) < 4.78 is 0. The number of aromatic amines is 1. The summed E-state index contributed by atoms with van der Waals surface area (Å²) in [6.07, 6.45) is 4.49. The van der Waals surface area contributed by atoms with Crippen LogP contribution in [0.4, 0.5) is 0 Å². The summed E-state index contributed by atoms with van der Waals surface area (Å²) in [5, 5.41) is 8.95. The summed E-state index contributed by atoms with van der Waals surface area (Å²) in [4.78, 5) is 21.9. The van der Waals surface area contributed by atoms with Gasteiger partial charge >= 0.3 is 0 Å². The van der Waals surface area contributed by atoms with Gasteiger partial charge in [-0.15, -0.1) is 0 Å². The Bertz CT molecular complexity index is 728. The Hall–Kier alpha value is -2.61. The van der Waals surface area contributed by atoms with E-state index in [1.807, 2.05) is 25.2 Å². The average molecular weight is 294 g/mol. The number of benzene rings is 1. The fraction of sp³-hybridized carbons (Fsp3) is 0.353. The van der Waals surface area contributed by atoms with E-state index in [9.17, 15) is 4.79 Å². The van der Waals surface area contributed by atoms with E-state index in [4.69, 9.17) is 5.26 Å². The minimum atomic E-state index is -0.154. The van der Waals surface area contributed by atoms with Crippen LogP contribution in [0.15, 0.2) is 30.6 Å². The van der Waals surface area contributed by atoms with Crippen LogP contribution in [0.5, 0.6) is 0 Å². The standard InChI is InChI=1S/C17H18N4O/c1-21(10-13-5-2-4-12(8-13)9-18)17(22)14-6-3-7-15-16(14)20-11-19-15/h2,4-5,8,11,14H,3,6-7,10H2,1H3,(H,19,20). The number of fused-ring (bicyclic) bond motifs is 1. The quantitative estimate of drug-likeness (QED) is 0.944. The van der Waals surface area contributed by atoms with Gasteiger partial charge in [-0.1, -0.05) is 12.1 Å². The van der Waals surface area contributed by atoms with Gasteiger partial charge in [-0.3, -0.25) is 4.79 Å². The molecule has 1 aromatic heterocycles. The maximum absolute atomic E-state index is 12.7. The van der Waals surface area contributed by atoms with Gasteiger partial charge in [-0.2, -0.15) is 5.26 Å². The van der Waals surface area contributed by atoms with Crippen molar-refractivity contribution in [3.8, 4) is 6.07 Å². The number of nitrogens with zero attached hydrogens (tertiary/aromatic N) is 3. The summed E-state index contributed by atoms with van der Waals surface area (Å²) in [6, 6.07) is 9.50. The van der Waals surface area contributed by atoms with Crippen molar-refractivity contribution >= 4 is 5.91 Å². The highest BCUT2D eigenvalue weighted by Crippen LogP contribution is 2.30. The lowest BCUT2D eigenvalue weighted by molar-refractivity contribution is -0.132. The first-order chi connectivity index (χ1) is 10.7. The third-order valence-electron chi connectivity index (χ3n) is 4.15. The molecule has 0 spiro atoms. The lowest BCUT2D eigenvalue weighted by Gasteiger charge is -2.26. The smallest absolute Gasteiger partial charge is 0.231 e. The van der Waals surface area contributed by atoms with Crippen molar-refractivity contribution in [1.29, 1.82) is 5.26 Å². The van der Waals surface area contributed by atoms with Crippen molar-refractivity contribution in [2.75, 3.05) is 7.05 Å². The zero-order valence-electron chi connectivity index (χ0n) is 12.5. The summed E-state index contributed by atoms with van der Waals surface area (Å²) in [6.45, 7) is 0.505. The van der Waals surface area contributed by atoms with E-state index in [2.05, 4.69) is 16.0 Å². The molecular weight excluding hydrogens is 276 g/mol. The summed E-state index contributed by atoms with van der Waals surface area (Å²) in [7, 11) is 1.81. The minimum Gasteiger partial charge on any atom is -0.348 e. The maximum Gasteiger partial charge on any atom is 0.231 e. The molecule has 1 unspecified atom stereocenters. The number of likely N-dealkylation sites (N-methyl/N-ethyl adjacent to an activating group) is 1. The van der Waals surface area contributed by atoms with E-state index in [1.165, 1.54) is 0 Å². The van der Waals surface area contributed by atoms with Gasteiger partial charge in [0.1, 0.15) is 0 Å². The summed E-state index contributed by atoms with van der Waals surface area (Å²) in [5.74, 6) is -0.0606. The van der Waals surface area contributed by atoms with Crippen LogP contribution in [0.25, 0.3) is 0 Å². The largest absolute Gasteiger partial charge is 0.348 e. The fourth-order valence-corrected chi connectivity index (χ4v) is 3.05. The Morgan fingerprint density at radius 1 is 1.55 bits per heavy atom. The second-order valence-corrected chi connectivity index (χ2v) is 5.72. The van der Waals surface area contributed by atoms with E-state index in [0.717, 1.165) is 36.2 Å². The molecule has 1 heterocycles. The number of nitrogens with one attached hydrogen (secondary N) is 1. The number of aromatic nitrogens is 2. The number of hydrogen-bond donors (Lipinski definition) is 1. The number of rotatable bonds is 3. The monoisotopic (exact) mass is 294 g/mol. The molecule has 5 heteroatoms. The topological polar surface area (TPSA) is 72.8 Å². The van der Waals surface area contributed by atoms with Gasteiger partial charge in [-0.25, -0.2) is 4.98 Å². The Morgan fingerprint density at radius 3 is 3.23 bits per heavy atom. The van der Waals surface area contributed by atoms with E-state index in [0.29, 0.717) is 12.1 Å². The normalized spacial score (nSPS) is 16.6. The number of carbonyl (C=O) groups is 1. The molecule has 0 saturated heterocycles. The van der Waals surface area contributed by atoms with Gasteiger partial charge in [0.25, 0.3) is 0 Å². The number of nitriles is 1. The lowest BCUT2D eigenvalue weighted by atomic mass is 9.89. The Morgan fingerprint density at radius 2 is 2.41 bits per heavy atom. The van der Waals surface area contributed by atoms with Gasteiger partial charge < -0.3 is 9.88 Å². The number of imidazole rings is 1. The van der Waals surface area contributed by atoms with E-state index >= 15 is 0 Å². The van der Waals surface area contributed by atoms with Crippen LogP contribution in [0.1, 0.15) is 41.3 Å². The number of hydrogen-bond acceptors (Lipinski definition) is 3. The third-order valence-corrected chi connectivity index (χ3v) is 4.15. The van der Waals surface area contributed by atoms with Crippen molar-refractivity contribution in [2.45, 2.75) is 31.7 Å². The van der Waals surface area contributed by atoms with E-state index in [-0.39, 0.29) is 11.8 Å². The molecule has 0 saturated carbocycles. The lowest BCUT2D eigenvalue weighted by Crippen LogP contribution is -2.33. The van der Waals surface area contributed by atoms with E-state index < -0.39 is 0 Å². The van der Waals surface area contributed by atoms with Crippen LogP contribution in [0.2, 0.25) is 0 Å². The highest BCUT2D eigenvalue weighted by atomic mass is 16.2. The van der Waals surface area contributed by atoms with Gasteiger partial charge in [0.2, 0.25) is 5.91 Å². The molecule has 1 aliphatic carbocycles. The molecule has 112 valence electrons. The minimum absolute atomic E-state index is 0.0930. The molecule has 1 amide bonds. The number of amides is 1. The second kappa shape index (κ2) is 6.02. The number of aryl methyl sites for hydroxylation is 1. The Labute approximate surface area is 129 Å². The number of carbonyl (C=O) groups excluding carboxylic acids is 1. The van der Waals surface area contributed by atoms with Crippen LogP contribution in [0.3, 0.4) is 0 Å². The van der Waals surface area contributed by atoms with Gasteiger partial charge in [0.05, 0.1) is 29.6 Å². The zero-order chi connectivity index (χ0) is 15.5. The zero-order valence-corrected chi connectivity index (χ0v) is 12.5. The van der Waals surface area contributed by atoms with Crippen molar-refractivity contribution in [2.24, 2.45) is 0 Å². The van der Waals surface area contributed by atoms with Gasteiger partial charge in [-0.05, 0) is 37.0 Å². The Kier molecular flexibility index (Phi) is 3.92. The molecule has 1 N–H and O–H groups in total. The van der Waals surface area contributed by atoms with Crippen LogP contribution in [-0.4, -0.2) is 27.8 Å². The first kappa shape index (κ1) is 14.3. The average Bonchev–Trinajstić information content (AvgIpc) is 3.02. The molecule has 1 aromatic carbocycles. The molecule has 0 fully saturated rings. The van der Waals surface area contributed by atoms with Crippen LogP contribution in [-0.2, 0) is 17.8 Å². The third kappa shape index (κ3) is 2.73. The molecule has 2 aromatic rings. The molecular formula is C17H18N4O. The van der Waals surface area contributed by atoms with Gasteiger partial charge in [0, 0.05) is 19.3 Å².